The van der Waals surface area contributed by atoms with E-state index in [1.165, 1.54) is 38.8 Å². The van der Waals surface area contributed by atoms with Gasteiger partial charge in [0.1, 0.15) is 37.5 Å². The van der Waals surface area contributed by atoms with E-state index in [4.69, 9.17) is 0 Å². The third kappa shape index (κ3) is 15.4. The van der Waals surface area contributed by atoms with Crippen molar-refractivity contribution in [3.63, 3.8) is 0 Å². The smallest absolute Gasteiger partial charge is 0.418 e. The normalized spacial score (nSPS) is 10.2. The second kappa shape index (κ2) is 23.1. The molecule has 0 N–H and O–H groups in total. The van der Waals surface area contributed by atoms with Gasteiger partial charge in [-0.05, 0) is 84.9 Å². The zero-order chi connectivity index (χ0) is 37.0. The van der Waals surface area contributed by atoms with Crippen LogP contribution >= 0.6 is 15.8 Å². The molecule has 2 nitrogen and oxygen atoms in total. The van der Waals surface area contributed by atoms with Gasteiger partial charge in [0.05, 0.1) is 15.8 Å². The quantitative estimate of drug-likeness (QED) is 0.0699. The molecule has 0 bridgehead atoms. The molecule has 7 rings (SSSR count). The third-order valence-electron chi connectivity index (χ3n) is 7.40. The van der Waals surface area contributed by atoms with Crippen LogP contribution in [-0.4, -0.2) is 18.0 Å². The fourth-order valence-corrected chi connectivity index (χ4v) is 10.4. The van der Waals surface area contributed by atoms with Crippen LogP contribution in [0.1, 0.15) is 17.4 Å². The Balaban J connectivity index is 0.000000209. The number of Topliss-reactive ketones (excluding diaryl/α,β-unsaturated/α-hetero) is 1. The summed E-state index contributed by atoms with van der Waals surface area (Å²) in [6, 6.07) is 70.3. The van der Waals surface area contributed by atoms with Crippen molar-refractivity contribution in [3.05, 3.63) is 212 Å². The summed E-state index contributed by atoms with van der Waals surface area (Å²) in [5.74, 6) is 0.00981. The van der Waals surface area contributed by atoms with Crippen LogP contribution in [-0.2, 0) is 17.1 Å². The Morgan fingerprint density at radius 1 is 0.415 bits per heavy atom. The SMILES string of the molecule is CC(=O)c1ccccn1.F[B-](F)(F)F.[Cu+].c1ccc([PH+](c2ccccc2)c2ccccc2)cc1.c1ccc([PH+](c2ccccc2)c2ccccc2)cc1. The Bertz CT molecular complexity index is 1690. The molecule has 0 fully saturated rings. The molecule has 0 aliphatic rings. The van der Waals surface area contributed by atoms with E-state index in [2.05, 4.69) is 187 Å². The van der Waals surface area contributed by atoms with E-state index >= 15 is 0 Å². The minimum Gasteiger partial charge on any atom is -0.418 e. The van der Waals surface area contributed by atoms with Gasteiger partial charge in [0.25, 0.3) is 0 Å². The van der Waals surface area contributed by atoms with E-state index < -0.39 is 23.1 Å². The summed E-state index contributed by atoms with van der Waals surface area (Å²) in [5, 5.41) is 8.61. The van der Waals surface area contributed by atoms with E-state index in [-0.39, 0.29) is 22.9 Å². The molecule has 0 spiro atoms. The molecule has 1 aromatic heterocycles. The van der Waals surface area contributed by atoms with Crippen LogP contribution in [0, 0.1) is 0 Å². The van der Waals surface area contributed by atoms with Crippen LogP contribution in [0.15, 0.2) is 206 Å². The van der Waals surface area contributed by atoms with Gasteiger partial charge in [-0.2, -0.15) is 0 Å². The molecule has 53 heavy (non-hydrogen) atoms. The Morgan fingerprint density at radius 3 is 0.774 bits per heavy atom. The topological polar surface area (TPSA) is 30.0 Å². The van der Waals surface area contributed by atoms with E-state index in [0.717, 1.165) is 0 Å². The van der Waals surface area contributed by atoms with Crippen LogP contribution in [0.3, 0.4) is 0 Å². The molecule has 0 aliphatic carbocycles. The number of halogens is 4. The first kappa shape index (κ1) is 42.7. The van der Waals surface area contributed by atoms with Crippen LogP contribution < -0.4 is 31.8 Å². The predicted molar refractivity (Wildman–Crippen MR) is 218 cm³/mol. The average molecular weight is 798 g/mol. The van der Waals surface area contributed by atoms with Crippen LogP contribution in [0.2, 0.25) is 0 Å². The fraction of sp³-hybridized carbons (Fsp3) is 0.0233. The molecule has 0 atom stereocenters. The van der Waals surface area contributed by atoms with Crippen molar-refractivity contribution >= 4 is 60.7 Å². The van der Waals surface area contributed by atoms with Crippen molar-refractivity contribution in [1.29, 1.82) is 0 Å². The molecule has 0 radical (unpaired) electrons. The molecule has 1 heterocycles. The minimum absolute atomic E-state index is 0. The number of benzene rings is 6. The Hall–Kier alpha value is -4.70. The number of hydrogen-bond acceptors (Lipinski definition) is 2. The van der Waals surface area contributed by atoms with Crippen molar-refractivity contribution in [1.82, 2.24) is 4.98 Å². The maximum Gasteiger partial charge on any atom is 1.00 e. The van der Waals surface area contributed by atoms with Crippen LogP contribution in [0.4, 0.5) is 17.3 Å². The average Bonchev–Trinajstić information content (AvgIpc) is 3.18. The van der Waals surface area contributed by atoms with Gasteiger partial charge < -0.3 is 17.3 Å². The van der Waals surface area contributed by atoms with Gasteiger partial charge in [0.15, 0.2) is 5.78 Å². The summed E-state index contributed by atoms with van der Waals surface area (Å²) in [7, 11) is -7.75. The second-order valence-corrected chi connectivity index (χ2v) is 16.2. The number of pyridine rings is 1. The number of aromatic nitrogens is 1. The Morgan fingerprint density at radius 2 is 0.623 bits per heavy atom. The van der Waals surface area contributed by atoms with Gasteiger partial charge in [-0.1, -0.05) is 115 Å². The van der Waals surface area contributed by atoms with Gasteiger partial charge >= 0.3 is 24.3 Å². The van der Waals surface area contributed by atoms with Crippen molar-refractivity contribution in [3.8, 4) is 0 Å². The maximum atomic E-state index is 10.6. The Labute approximate surface area is 322 Å². The molecule has 0 aliphatic heterocycles. The summed E-state index contributed by atoms with van der Waals surface area (Å²) >= 11 is 0. The monoisotopic (exact) mass is 797 g/mol. The van der Waals surface area contributed by atoms with Crippen LogP contribution in [0.5, 0.6) is 0 Å². The maximum absolute atomic E-state index is 10.6. The molecule has 0 amide bonds. The van der Waals surface area contributed by atoms with Gasteiger partial charge in [0.2, 0.25) is 0 Å². The number of carbonyl (C=O) groups excluding carboxylic acids is 1. The van der Waals surface area contributed by atoms with E-state index in [1.807, 2.05) is 0 Å². The summed E-state index contributed by atoms with van der Waals surface area (Å²) in [6.07, 6.45) is 1.61. The number of nitrogens with zero attached hydrogens (tertiary/aromatic N) is 1. The van der Waals surface area contributed by atoms with Gasteiger partial charge in [-0.25, -0.2) is 0 Å². The van der Waals surface area contributed by atoms with Gasteiger partial charge in [0, 0.05) is 13.1 Å². The first-order valence-corrected chi connectivity index (χ1v) is 19.6. The molecular formula is C43H39BCuF4NOP2+2. The van der Waals surface area contributed by atoms with Crippen molar-refractivity contribution < 1.29 is 39.1 Å². The van der Waals surface area contributed by atoms with Gasteiger partial charge in [-0.3, -0.25) is 9.78 Å². The summed E-state index contributed by atoms with van der Waals surface area (Å²) in [4.78, 5) is 14.4. The third-order valence-corrected chi connectivity index (χ3v) is 12.9. The van der Waals surface area contributed by atoms with Gasteiger partial charge in [-0.15, -0.1) is 0 Å². The standard InChI is InChI=1S/2C18H15P.C7H7NO.BF4.Cu/c2*1-4-10-16(11-5-1)19(17-12-6-2-7-13-17)18-14-8-3-9-15-18;1-6(9)7-4-2-3-5-8-7;2-1(3,4)5;/h2*1-15H;2-5H,1H3;;/q;;;-1;+1/p+2. The Kier molecular flexibility index (Phi) is 18.6. The minimum atomic E-state index is -6.00. The molecule has 0 unspecified atom stereocenters. The van der Waals surface area contributed by atoms with Crippen molar-refractivity contribution in [2.75, 3.05) is 0 Å². The first-order valence-electron chi connectivity index (χ1n) is 16.6. The fourth-order valence-electron chi connectivity index (χ4n) is 5.20. The predicted octanol–water partition coefficient (Wildman–Crippen LogP) is 8.94. The molecule has 7 aromatic rings. The number of rotatable bonds is 7. The van der Waals surface area contributed by atoms with Crippen LogP contribution in [0.25, 0.3) is 0 Å². The molecule has 0 saturated heterocycles. The zero-order valence-corrected chi connectivity index (χ0v) is 31.8. The summed E-state index contributed by atoms with van der Waals surface area (Å²) in [5.41, 5.74) is 0.525. The van der Waals surface area contributed by atoms with Crippen molar-refractivity contribution in [2.45, 2.75) is 6.92 Å². The molecule has 10 heteroatoms. The molecule has 0 saturated carbocycles. The summed E-state index contributed by atoms with van der Waals surface area (Å²) < 4.78 is 39.0. The number of carbonyl (C=O) groups is 1. The second-order valence-electron chi connectivity index (χ2n) is 11.2. The van der Waals surface area contributed by atoms with E-state index in [9.17, 15) is 22.1 Å². The van der Waals surface area contributed by atoms with E-state index in [0.29, 0.717) is 5.69 Å². The number of ketones is 1. The summed E-state index contributed by atoms with van der Waals surface area (Å²) in [6.45, 7) is 1.50. The first-order chi connectivity index (χ1) is 25.2. The van der Waals surface area contributed by atoms with Crippen molar-refractivity contribution in [2.24, 2.45) is 0 Å². The van der Waals surface area contributed by atoms with E-state index in [1.54, 1.807) is 24.4 Å². The largest absolute Gasteiger partial charge is 1.00 e. The number of hydrogen-bond donors (Lipinski definition) is 0. The molecule has 272 valence electrons. The molecular weight excluding hydrogens is 759 g/mol. The molecule has 6 aromatic carbocycles. The zero-order valence-electron chi connectivity index (χ0n) is 28.9.